The van der Waals surface area contributed by atoms with Crippen LogP contribution in [0.1, 0.15) is 32.3 Å². The molecule has 1 aromatic carbocycles. The van der Waals surface area contributed by atoms with Gasteiger partial charge in [0.15, 0.2) is 11.5 Å². The summed E-state index contributed by atoms with van der Waals surface area (Å²) in [7, 11) is 0. The molecule has 1 unspecified atom stereocenters. The standard InChI is InChI=1S/C16H23NO3/c1-3-18-14-9-12-5-6-16(7-8-17-11-16)20-13(12)10-15(14)19-4-2/h9-10,17H,3-8,11H2,1-2H3. The van der Waals surface area contributed by atoms with Crippen molar-refractivity contribution in [2.75, 3.05) is 26.3 Å². The fraction of sp³-hybridized carbons (Fsp3) is 0.625. The number of fused-ring (bicyclic) bond motifs is 1. The molecule has 2 aliphatic rings. The van der Waals surface area contributed by atoms with Gasteiger partial charge in [0.05, 0.1) is 13.2 Å². The van der Waals surface area contributed by atoms with E-state index in [1.54, 1.807) is 0 Å². The van der Waals surface area contributed by atoms with Gasteiger partial charge in [0.1, 0.15) is 11.4 Å². The van der Waals surface area contributed by atoms with Gasteiger partial charge in [-0.1, -0.05) is 0 Å². The van der Waals surface area contributed by atoms with Crippen molar-refractivity contribution in [1.29, 1.82) is 0 Å². The number of benzene rings is 1. The van der Waals surface area contributed by atoms with Gasteiger partial charge in [-0.2, -0.15) is 0 Å². The predicted molar refractivity (Wildman–Crippen MR) is 77.9 cm³/mol. The van der Waals surface area contributed by atoms with Crippen molar-refractivity contribution in [3.05, 3.63) is 17.7 Å². The summed E-state index contributed by atoms with van der Waals surface area (Å²) in [4.78, 5) is 0. The quantitative estimate of drug-likeness (QED) is 0.918. The molecule has 1 N–H and O–H groups in total. The molecule has 0 amide bonds. The lowest BCUT2D eigenvalue weighted by Crippen LogP contribution is -2.41. The fourth-order valence-electron chi connectivity index (χ4n) is 3.08. The third kappa shape index (κ3) is 2.44. The zero-order valence-corrected chi connectivity index (χ0v) is 12.3. The van der Waals surface area contributed by atoms with E-state index in [-0.39, 0.29) is 5.60 Å². The lowest BCUT2D eigenvalue weighted by molar-refractivity contribution is 0.0658. The molecule has 4 nitrogen and oxygen atoms in total. The molecule has 1 fully saturated rings. The van der Waals surface area contributed by atoms with Gasteiger partial charge in [-0.15, -0.1) is 0 Å². The molecule has 4 heteroatoms. The van der Waals surface area contributed by atoms with Gasteiger partial charge < -0.3 is 19.5 Å². The highest BCUT2D eigenvalue weighted by molar-refractivity contribution is 5.52. The summed E-state index contributed by atoms with van der Waals surface area (Å²) in [5, 5.41) is 3.40. The highest BCUT2D eigenvalue weighted by Gasteiger charge is 2.39. The van der Waals surface area contributed by atoms with E-state index in [1.807, 2.05) is 19.9 Å². The van der Waals surface area contributed by atoms with E-state index in [1.165, 1.54) is 5.56 Å². The van der Waals surface area contributed by atoms with E-state index in [9.17, 15) is 0 Å². The number of nitrogens with one attached hydrogen (secondary N) is 1. The maximum absolute atomic E-state index is 6.30. The van der Waals surface area contributed by atoms with Crippen molar-refractivity contribution < 1.29 is 14.2 Å². The van der Waals surface area contributed by atoms with Crippen LogP contribution in [-0.2, 0) is 6.42 Å². The lowest BCUT2D eigenvalue weighted by atomic mass is 9.90. The molecule has 1 atom stereocenters. The Labute approximate surface area is 120 Å². The summed E-state index contributed by atoms with van der Waals surface area (Å²) in [5.74, 6) is 2.58. The average Bonchev–Trinajstić information content (AvgIpc) is 2.89. The Bertz CT molecular complexity index is 481. The molecule has 2 heterocycles. The zero-order chi connectivity index (χ0) is 14.0. The number of rotatable bonds is 4. The average molecular weight is 277 g/mol. The van der Waals surface area contributed by atoms with Crippen LogP contribution < -0.4 is 19.5 Å². The minimum Gasteiger partial charge on any atom is -0.490 e. The molecule has 0 bridgehead atoms. The smallest absolute Gasteiger partial charge is 0.164 e. The summed E-state index contributed by atoms with van der Waals surface area (Å²) in [6.45, 7) is 7.25. The number of aryl methyl sites for hydroxylation is 1. The van der Waals surface area contributed by atoms with Crippen LogP contribution in [0.5, 0.6) is 17.2 Å². The second-order valence-corrected chi connectivity index (χ2v) is 5.48. The first-order chi connectivity index (χ1) is 9.76. The molecule has 0 aromatic heterocycles. The molecule has 1 spiro atoms. The van der Waals surface area contributed by atoms with Crippen molar-refractivity contribution in [2.45, 2.75) is 38.7 Å². The fourth-order valence-corrected chi connectivity index (χ4v) is 3.08. The minimum atomic E-state index is -0.0103. The number of hydrogen-bond donors (Lipinski definition) is 1. The van der Waals surface area contributed by atoms with Gasteiger partial charge in [-0.05, 0) is 44.9 Å². The first-order valence-corrected chi connectivity index (χ1v) is 7.58. The Hall–Kier alpha value is -1.42. The van der Waals surface area contributed by atoms with Crippen molar-refractivity contribution in [3.63, 3.8) is 0 Å². The third-order valence-corrected chi connectivity index (χ3v) is 4.11. The van der Waals surface area contributed by atoms with Gasteiger partial charge in [-0.25, -0.2) is 0 Å². The van der Waals surface area contributed by atoms with Crippen LogP contribution in [0.3, 0.4) is 0 Å². The number of ether oxygens (including phenoxy) is 3. The Balaban J connectivity index is 1.91. The topological polar surface area (TPSA) is 39.7 Å². The van der Waals surface area contributed by atoms with E-state index < -0.39 is 0 Å². The van der Waals surface area contributed by atoms with E-state index in [2.05, 4.69) is 11.4 Å². The maximum atomic E-state index is 6.30. The normalized spacial score (nSPS) is 24.3. The molecule has 3 rings (SSSR count). The van der Waals surface area contributed by atoms with Crippen LogP contribution in [0.2, 0.25) is 0 Å². The third-order valence-electron chi connectivity index (χ3n) is 4.11. The molecule has 0 aliphatic carbocycles. The van der Waals surface area contributed by atoms with Crippen LogP contribution in [-0.4, -0.2) is 31.9 Å². The molecular weight excluding hydrogens is 254 g/mol. The van der Waals surface area contributed by atoms with Crippen molar-refractivity contribution in [1.82, 2.24) is 5.32 Å². The monoisotopic (exact) mass is 277 g/mol. The van der Waals surface area contributed by atoms with Gasteiger partial charge >= 0.3 is 0 Å². The minimum absolute atomic E-state index is 0.0103. The molecule has 0 radical (unpaired) electrons. The number of hydrogen-bond acceptors (Lipinski definition) is 4. The van der Waals surface area contributed by atoms with Gasteiger partial charge in [-0.3, -0.25) is 0 Å². The Kier molecular flexibility index (Phi) is 3.74. The van der Waals surface area contributed by atoms with Crippen LogP contribution >= 0.6 is 0 Å². The second-order valence-electron chi connectivity index (χ2n) is 5.48. The van der Waals surface area contributed by atoms with Crippen LogP contribution in [0.4, 0.5) is 0 Å². The van der Waals surface area contributed by atoms with E-state index >= 15 is 0 Å². The SMILES string of the molecule is CCOc1cc2c(cc1OCC)OC1(CCNC1)CC2. The Morgan fingerprint density at radius 2 is 1.90 bits per heavy atom. The Morgan fingerprint density at radius 3 is 2.55 bits per heavy atom. The first-order valence-electron chi connectivity index (χ1n) is 7.58. The molecule has 2 aliphatic heterocycles. The molecule has 1 saturated heterocycles. The largest absolute Gasteiger partial charge is 0.490 e. The van der Waals surface area contributed by atoms with E-state index in [4.69, 9.17) is 14.2 Å². The summed E-state index contributed by atoms with van der Waals surface area (Å²) in [6, 6.07) is 4.09. The zero-order valence-electron chi connectivity index (χ0n) is 12.3. The summed E-state index contributed by atoms with van der Waals surface area (Å²) in [6.07, 6.45) is 3.21. The van der Waals surface area contributed by atoms with E-state index in [0.29, 0.717) is 13.2 Å². The molecule has 0 saturated carbocycles. The molecule has 20 heavy (non-hydrogen) atoms. The van der Waals surface area contributed by atoms with E-state index in [0.717, 1.165) is 49.6 Å². The highest BCUT2D eigenvalue weighted by atomic mass is 16.5. The first kappa shape index (κ1) is 13.6. The maximum Gasteiger partial charge on any atom is 0.164 e. The van der Waals surface area contributed by atoms with Gasteiger partial charge in [0, 0.05) is 19.0 Å². The Morgan fingerprint density at radius 1 is 1.15 bits per heavy atom. The molecule has 110 valence electrons. The van der Waals surface area contributed by atoms with Crippen molar-refractivity contribution >= 4 is 0 Å². The van der Waals surface area contributed by atoms with Crippen LogP contribution in [0.25, 0.3) is 0 Å². The summed E-state index contributed by atoms with van der Waals surface area (Å²) >= 11 is 0. The highest BCUT2D eigenvalue weighted by Crippen LogP contribution is 2.42. The summed E-state index contributed by atoms with van der Waals surface area (Å²) < 4.78 is 17.7. The molecule has 1 aromatic rings. The van der Waals surface area contributed by atoms with Crippen LogP contribution in [0.15, 0.2) is 12.1 Å². The molecular formula is C16H23NO3. The van der Waals surface area contributed by atoms with Crippen LogP contribution in [0, 0.1) is 0 Å². The lowest BCUT2D eigenvalue weighted by Gasteiger charge is -2.35. The second kappa shape index (κ2) is 5.52. The summed E-state index contributed by atoms with van der Waals surface area (Å²) in [5.41, 5.74) is 1.22. The van der Waals surface area contributed by atoms with Crippen molar-refractivity contribution in [2.24, 2.45) is 0 Å². The van der Waals surface area contributed by atoms with Crippen molar-refractivity contribution in [3.8, 4) is 17.2 Å². The van der Waals surface area contributed by atoms with Gasteiger partial charge in [0.2, 0.25) is 0 Å². The predicted octanol–water partition coefficient (Wildman–Crippen LogP) is 2.54. The van der Waals surface area contributed by atoms with Gasteiger partial charge in [0.25, 0.3) is 0 Å².